The topological polar surface area (TPSA) is 64.7 Å². The monoisotopic (exact) mass is 260 g/mol. The second-order valence-corrected chi connectivity index (χ2v) is 5.24. The minimum Gasteiger partial charge on any atom is -0.324 e. The van der Waals surface area contributed by atoms with Crippen molar-refractivity contribution in [3.63, 3.8) is 0 Å². The van der Waals surface area contributed by atoms with E-state index in [4.69, 9.17) is 5.73 Å². The lowest BCUT2D eigenvalue weighted by Crippen LogP contribution is -2.05. The maximum absolute atomic E-state index is 5.78. The zero-order valence-electron chi connectivity index (χ0n) is 10.7. The van der Waals surface area contributed by atoms with Crippen molar-refractivity contribution in [1.29, 1.82) is 0 Å². The van der Waals surface area contributed by atoms with E-state index in [2.05, 4.69) is 15.0 Å². The zero-order chi connectivity index (χ0) is 13.1. The molecule has 0 saturated heterocycles. The first-order valence-electron chi connectivity index (χ1n) is 5.76. The minimum absolute atomic E-state index is 0.00835. The molecule has 2 heterocycles. The Morgan fingerprint density at radius 2 is 1.83 bits per heavy atom. The van der Waals surface area contributed by atoms with Gasteiger partial charge in [0.05, 0.1) is 0 Å². The summed E-state index contributed by atoms with van der Waals surface area (Å²) < 4.78 is 0. The van der Waals surface area contributed by atoms with Gasteiger partial charge in [0.25, 0.3) is 0 Å². The van der Waals surface area contributed by atoms with Gasteiger partial charge in [-0.3, -0.25) is 0 Å². The first kappa shape index (κ1) is 13.0. The number of rotatable bonds is 3. The molecule has 5 heteroatoms. The molecule has 94 valence electrons. The molecule has 2 aromatic rings. The molecule has 0 saturated carbocycles. The van der Waals surface area contributed by atoms with Crippen molar-refractivity contribution in [1.82, 2.24) is 15.0 Å². The van der Waals surface area contributed by atoms with Crippen LogP contribution in [-0.2, 0) is 0 Å². The summed E-state index contributed by atoms with van der Waals surface area (Å²) in [6.07, 6.45) is 1.80. The Hall–Kier alpha value is -1.46. The lowest BCUT2D eigenvalue weighted by molar-refractivity contribution is 0.805. The molecule has 0 fully saturated rings. The fourth-order valence-electron chi connectivity index (χ4n) is 1.55. The molecule has 0 aromatic carbocycles. The van der Waals surface area contributed by atoms with Gasteiger partial charge in [0.2, 0.25) is 0 Å². The summed E-state index contributed by atoms with van der Waals surface area (Å²) >= 11 is 1.46. The molecule has 18 heavy (non-hydrogen) atoms. The normalized spacial score (nSPS) is 12.4. The van der Waals surface area contributed by atoms with E-state index in [1.165, 1.54) is 11.8 Å². The fraction of sp³-hybridized carbons (Fsp3) is 0.308. The highest BCUT2D eigenvalue weighted by Gasteiger charge is 2.05. The number of hydrogen-bond acceptors (Lipinski definition) is 5. The van der Waals surface area contributed by atoms with Gasteiger partial charge in [-0.2, -0.15) is 0 Å². The van der Waals surface area contributed by atoms with Crippen LogP contribution in [-0.4, -0.2) is 15.0 Å². The second-order valence-electron chi connectivity index (χ2n) is 4.25. The van der Waals surface area contributed by atoms with Gasteiger partial charge in [-0.15, -0.1) is 0 Å². The molecule has 0 aliphatic heterocycles. The molecule has 0 bridgehead atoms. The van der Waals surface area contributed by atoms with Gasteiger partial charge in [0, 0.05) is 23.6 Å². The van der Waals surface area contributed by atoms with E-state index in [0.717, 1.165) is 27.1 Å². The van der Waals surface area contributed by atoms with Gasteiger partial charge in [0.15, 0.2) is 5.16 Å². The number of pyridine rings is 1. The van der Waals surface area contributed by atoms with E-state index in [-0.39, 0.29) is 6.04 Å². The Morgan fingerprint density at radius 3 is 2.33 bits per heavy atom. The third-order valence-electron chi connectivity index (χ3n) is 2.44. The summed E-state index contributed by atoms with van der Waals surface area (Å²) in [5, 5.41) is 1.61. The van der Waals surface area contributed by atoms with Crippen molar-refractivity contribution in [2.45, 2.75) is 37.0 Å². The molecule has 2 rings (SSSR count). The molecular weight excluding hydrogens is 244 g/mol. The Labute approximate surface area is 111 Å². The SMILES string of the molecule is Cc1cc(C)nc(Sc2ccc([C@H](C)N)cn2)n1. The van der Waals surface area contributed by atoms with Gasteiger partial charge in [-0.25, -0.2) is 15.0 Å². The Kier molecular flexibility index (Phi) is 3.93. The minimum atomic E-state index is 0.00835. The van der Waals surface area contributed by atoms with Crippen molar-refractivity contribution in [2.24, 2.45) is 5.73 Å². The number of aromatic nitrogens is 3. The van der Waals surface area contributed by atoms with Crippen molar-refractivity contribution in [3.05, 3.63) is 41.3 Å². The van der Waals surface area contributed by atoms with E-state index < -0.39 is 0 Å². The molecule has 2 aromatic heterocycles. The van der Waals surface area contributed by atoms with E-state index in [1.54, 1.807) is 6.20 Å². The van der Waals surface area contributed by atoms with Gasteiger partial charge in [-0.1, -0.05) is 6.07 Å². The highest BCUT2D eigenvalue weighted by molar-refractivity contribution is 7.99. The van der Waals surface area contributed by atoms with Crippen molar-refractivity contribution < 1.29 is 0 Å². The number of nitrogens with two attached hydrogens (primary N) is 1. The summed E-state index contributed by atoms with van der Waals surface area (Å²) in [6, 6.07) is 5.90. The standard InChI is InChI=1S/C13H16N4S/c1-8-6-9(2)17-13(16-8)18-12-5-4-11(7-15-12)10(3)14/h4-7,10H,14H2,1-3H3/t10-/m0/s1. The van der Waals surface area contributed by atoms with Crippen LogP contribution in [0.5, 0.6) is 0 Å². The molecule has 0 unspecified atom stereocenters. The van der Waals surface area contributed by atoms with Crippen LogP contribution in [0.15, 0.2) is 34.6 Å². The summed E-state index contributed by atoms with van der Waals surface area (Å²) in [4.78, 5) is 13.1. The quantitative estimate of drug-likeness (QED) is 0.859. The average molecular weight is 260 g/mol. The number of aryl methyl sites for hydroxylation is 2. The van der Waals surface area contributed by atoms with E-state index in [1.807, 2.05) is 39.0 Å². The molecule has 0 aliphatic carbocycles. The molecule has 0 radical (unpaired) electrons. The Balaban J connectivity index is 2.18. The lowest BCUT2D eigenvalue weighted by atomic mass is 10.2. The summed E-state index contributed by atoms with van der Waals surface area (Å²) in [5.41, 5.74) is 8.75. The summed E-state index contributed by atoms with van der Waals surface area (Å²) in [7, 11) is 0. The summed E-state index contributed by atoms with van der Waals surface area (Å²) in [5.74, 6) is 0. The lowest BCUT2D eigenvalue weighted by Gasteiger charge is -2.06. The second kappa shape index (κ2) is 5.46. The molecule has 0 amide bonds. The van der Waals surface area contributed by atoms with Crippen LogP contribution in [0.25, 0.3) is 0 Å². The van der Waals surface area contributed by atoms with E-state index in [0.29, 0.717) is 0 Å². The molecule has 1 atom stereocenters. The Morgan fingerprint density at radius 1 is 1.17 bits per heavy atom. The fourth-order valence-corrected chi connectivity index (χ4v) is 2.36. The van der Waals surface area contributed by atoms with Crippen LogP contribution < -0.4 is 5.73 Å². The molecule has 0 aliphatic rings. The maximum Gasteiger partial charge on any atom is 0.194 e. The van der Waals surface area contributed by atoms with Crippen LogP contribution >= 0.6 is 11.8 Å². The predicted molar refractivity (Wildman–Crippen MR) is 72.5 cm³/mol. The highest BCUT2D eigenvalue weighted by atomic mass is 32.2. The molecule has 2 N–H and O–H groups in total. The smallest absolute Gasteiger partial charge is 0.194 e. The van der Waals surface area contributed by atoms with Gasteiger partial charge in [0.1, 0.15) is 5.03 Å². The molecule has 0 spiro atoms. The van der Waals surface area contributed by atoms with E-state index >= 15 is 0 Å². The van der Waals surface area contributed by atoms with Crippen LogP contribution in [0, 0.1) is 13.8 Å². The number of hydrogen-bond donors (Lipinski definition) is 1. The zero-order valence-corrected chi connectivity index (χ0v) is 11.5. The number of nitrogens with zero attached hydrogens (tertiary/aromatic N) is 3. The van der Waals surface area contributed by atoms with E-state index in [9.17, 15) is 0 Å². The summed E-state index contributed by atoms with van der Waals surface area (Å²) in [6.45, 7) is 5.87. The first-order valence-corrected chi connectivity index (χ1v) is 6.58. The largest absolute Gasteiger partial charge is 0.324 e. The Bertz CT molecular complexity index is 517. The molecular formula is C13H16N4S. The van der Waals surface area contributed by atoms with Crippen LogP contribution in [0.3, 0.4) is 0 Å². The van der Waals surface area contributed by atoms with Crippen molar-refractivity contribution in [3.8, 4) is 0 Å². The van der Waals surface area contributed by atoms with Gasteiger partial charge in [-0.05, 0) is 50.2 Å². The maximum atomic E-state index is 5.78. The van der Waals surface area contributed by atoms with Crippen LogP contribution in [0.1, 0.15) is 29.9 Å². The van der Waals surface area contributed by atoms with Gasteiger partial charge >= 0.3 is 0 Å². The highest BCUT2D eigenvalue weighted by Crippen LogP contribution is 2.23. The van der Waals surface area contributed by atoms with Crippen molar-refractivity contribution in [2.75, 3.05) is 0 Å². The van der Waals surface area contributed by atoms with Crippen LogP contribution in [0.4, 0.5) is 0 Å². The van der Waals surface area contributed by atoms with Gasteiger partial charge < -0.3 is 5.73 Å². The predicted octanol–water partition coefficient (Wildman–Crippen LogP) is 2.66. The average Bonchev–Trinajstić information content (AvgIpc) is 2.28. The third kappa shape index (κ3) is 3.27. The van der Waals surface area contributed by atoms with Crippen molar-refractivity contribution >= 4 is 11.8 Å². The van der Waals surface area contributed by atoms with Crippen LogP contribution in [0.2, 0.25) is 0 Å². The third-order valence-corrected chi connectivity index (χ3v) is 3.26. The first-order chi connectivity index (χ1) is 8.54. The molecule has 4 nitrogen and oxygen atoms in total.